The molecule has 0 unspecified atom stereocenters. The van der Waals surface area contributed by atoms with Gasteiger partial charge in [-0.3, -0.25) is 28.4 Å². The van der Waals surface area contributed by atoms with E-state index in [-0.39, 0.29) is 35.3 Å². The summed E-state index contributed by atoms with van der Waals surface area (Å²) < 4.78 is 8.26. The molecular weight excluding hydrogens is 410 g/mol. The van der Waals surface area contributed by atoms with Gasteiger partial charge in [-0.05, 0) is 38.2 Å². The topological polar surface area (TPSA) is 118 Å². The van der Waals surface area contributed by atoms with E-state index in [1.807, 2.05) is 0 Å². The lowest BCUT2D eigenvalue weighted by Crippen LogP contribution is -2.44. The first-order chi connectivity index (χ1) is 14.4. The fourth-order valence-corrected chi connectivity index (χ4v) is 3.49. The van der Waals surface area contributed by atoms with E-state index in [4.69, 9.17) is 17.0 Å². The van der Waals surface area contributed by atoms with Crippen molar-refractivity contribution in [3.05, 3.63) is 45.0 Å². The number of para-hydroxylation sites is 2. The lowest BCUT2D eigenvalue weighted by atomic mass is 10.2. The van der Waals surface area contributed by atoms with Gasteiger partial charge in [0, 0.05) is 13.1 Å². The Morgan fingerprint density at radius 1 is 1.27 bits per heavy atom. The van der Waals surface area contributed by atoms with Crippen LogP contribution in [-0.4, -0.2) is 45.4 Å². The van der Waals surface area contributed by atoms with E-state index in [9.17, 15) is 19.5 Å². The number of nitrogens with zero attached hydrogens (tertiary/aromatic N) is 4. The fourth-order valence-electron chi connectivity index (χ4n) is 3.06. The molecule has 2 heterocycles. The number of hydrogen-bond donors (Lipinski definition) is 2. The van der Waals surface area contributed by atoms with Gasteiger partial charge in [-0.1, -0.05) is 12.1 Å². The molecule has 1 aliphatic rings. The Hall–Kier alpha value is -3.47. The average Bonchev–Trinajstić information content (AvgIpc) is 2.73. The molecule has 0 spiro atoms. The zero-order valence-electron chi connectivity index (χ0n) is 16.5. The molecule has 0 radical (unpaired) electrons. The third kappa shape index (κ3) is 3.96. The molecule has 2 aromatic rings. The van der Waals surface area contributed by atoms with Crippen LogP contribution < -0.4 is 20.6 Å². The minimum absolute atomic E-state index is 0.0969. The molecule has 158 valence electrons. The summed E-state index contributed by atoms with van der Waals surface area (Å²) in [7, 11) is 0. The van der Waals surface area contributed by atoms with Gasteiger partial charge in [0.25, 0.3) is 17.4 Å². The van der Waals surface area contributed by atoms with E-state index < -0.39 is 11.5 Å². The van der Waals surface area contributed by atoms with Gasteiger partial charge in [-0.15, -0.1) is 0 Å². The number of nitrogens with one attached hydrogen (secondary N) is 1. The van der Waals surface area contributed by atoms with Crippen LogP contribution in [0.1, 0.15) is 19.4 Å². The third-order valence-electron chi connectivity index (χ3n) is 4.56. The molecule has 10 nitrogen and oxygen atoms in total. The van der Waals surface area contributed by atoms with Crippen LogP contribution >= 0.6 is 12.2 Å². The molecule has 1 aromatic carbocycles. The summed E-state index contributed by atoms with van der Waals surface area (Å²) in [5.74, 6) is -0.754. The summed E-state index contributed by atoms with van der Waals surface area (Å²) in [6.07, 6.45) is 1.07. The molecule has 1 aliphatic heterocycles. The number of benzene rings is 1. The average molecular weight is 431 g/mol. The van der Waals surface area contributed by atoms with Crippen molar-refractivity contribution in [1.29, 1.82) is 0 Å². The SMILES string of the molecule is CCn1c(O)c(C=NNC(=O)CN2C(=O)COc3ccccc32)c(=O)n(CC)c1=S. The van der Waals surface area contributed by atoms with Crippen LogP contribution in [0.15, 0.2) is 34.2 Å². The molecule has 2 N–H and O–H groups in total. The number of hydrogen-bond acceptors (Lipinski definition) is 7. The minimum Gasteiger partial charge on any atom is -0.494 e. The highest BCUT2D eigenvalue weighted by Gasteiger charge is 2.26. The zero-order chi connectivity index (χ0) is 21.8. The van der Waals surface area contributed by atoms with E-state index >= 15 is 0 Å². The second-order valence-corrected chi connectivity index (χ2v) is 6.71. The first-order valence-corrected chi connectivity index (χ1v) is 9.70. The number of fused-ring (bicyclic) bond motifs is 1. The Morgan fingerprint density at radius 2 is 1.97 bits per heavy atom. The highest BCUT2D eigenvalue weighted by atomic mass is 32.1. The van der Waals surface area contributed by atoms with E-state index in [1.165, 1.54) is 14.0 Å². The molecule has 0 atom stereocenters. The van der Waals surface area contributed by atoms with Crippen LogP contribution in [0.25, 0.3) is 0 Å². The number of carbonyl (C=O) groups excluding carboxylic acids is 2. The highest BCUT2D eigenvalue weighted by Crippen LogP contribution is 2.31. The number of rotatable bonds is 6. The maximum absolute atomic E-state index is 12.5. The Balaban J connectivity index is 1.78. The molecule has 1 aromatic heterocycles. The van der Waals surface area contributed by atoms with Crippen molar-refractivity contribution in [2.45, 2.75) is 26.9 Å². The molecule has 11 heteroatoms. The normalized spacial score (nSPS) is 13.3. The number of carbonyl (C=O) groups is 2. The van der Waals surface area contributed by atoms with Crippen molar-refractivity contribution in [1.82, 2.24) is 14.6 Å². The summed E-state index contributed by atoms with van der Waals surface area (Å²) in [5.41, 5.74) is 2.15. The Bertz CT molecular complexity index is 1140. The lowest BCUT2D eigenvalue weighted by Gasteiger charge is -2.28. The number of ether oxygens (including phenoxy) is 1. The van der Waals surface area contributed by atoms with Crippen LogP contribution in [0.5, 0.6) is 11.6 Å². The van der Waals surface area contributed by atoms with E-state index in [2.05, 4.69) is 10.5 Å². The summed E-state index contributed by atoms with van der Waals surface area (Å²) >= 11 is 5.22. The van der Waals surface area contributed by atoms with Crippen molar-refractivity contribution in [3.8, 4) is 11.6 Å². The summed E-state index contributed by atoms with van der Waals surface area (Å²) in [5, 5.41) is 14.1. The van der Waals surface area contributed by atoms with Gasteiger partial charge in [0.1, 0.15) is 17.9 Å². The Labute approximate surface area is 177 Å². The molecule has 3 rings (SSSR count). The van der Waals surface area contributed by atoms with Crippen LogP contribution in [0.4, 0.5) is 5.69 Å². The second-order valence-electron chi connectivity index (χ2n) is 6.34. The van der Waals surface area contributed by atoms with Gasteiger partial charge < -0.3 is 9.84 Å². The van der Waals surface area contributed by atoms with Gasteiger partial charge >= 0.3 is 0 Å². The maximum Gasteiger partial charge on any atom is 0.267 e. The van der Waals surface area contributed by atoms with E-state index in [0.29, 0.717) is 24.5 Å². The molecule has 0 bridgehead atoms. The van der Waals surface area contributed by atoms with Gasteiger partial charge in [-0.2, -0.15) is 5.10 Å². The zero-order valence-corrected chi connectivity index (χ0v) is 17.3. The number of hydrazone groups is 1. The molecule has 0 fully saturated rings. The van der Waals surface area contributed by atoms with Crippen molar-refractivity contribution >= 4 is 35.9 Å². The van der Waals surface area contributed by atoms with Gasteiger partial charge in [0.2, 0.25) is 5.88 Å². The van der Waals surface area contributed by atoms with Crippen LogP contribution in [0.3, 0.4) is 0 Å². The van der Waals surface area contributed by atoms with Gasteiger partial charge in [0.15, 0.2) is 11.4 Å². The quantitative estimate of drug-likeness (QED) is 0.400. The second kappa shape index (κ2) is 8.91. The van der Waals surface area contributed by atoms with Crippen molar-refractivity contribution in [2.24, 2.45) is 5.10 Å². The molecule has 30 heavy (non-hydrogen) atoms. The largest absolute Gasteiger partial charge is 0.494 e. The van der Waals surface area contributed by atoms with Crippen molar-refractivity contribution < 1.29 is 19.4 Å². The Morgan fingerprint density at radius 3 is 2.67 bits per heavy atom. The minimum atomic E-state index is -0.574. The number of aromatic nitrogens is 2. The summed E-state index contributed by atoms with van der Waals surface area (Å²) in [4.78, 5) is 38.3. The standard InChI is InChI=1S/C19H21N5O5S/c1-3-22-17(27)12(18(28)23(4-2)19(22)30)9-20-21-15(25)10-24-13-7-5-6-8-14(13)29-11-16(24)26/h5-9,27H,3-4,10-11H2,1-2H3,(H,21,25). The van der Waals surface area contributed by atoms with Gasteiger partial charge in [-0.25, -0.2) is 5.43 Å². The molecule has 0 aliphatic carbocycles. The molecular formula is C19H21N5O5S. The monoisotopic (exact) mass is 431 g/mol. The first-order valence-electron chi connectivity index (χ1n) is 9.29. The smallest absolute Gasteiger partial charge is 0.267 e. The highest BCUT2D eigenvalue weighted by molar-refractivity contribution is 7.71. The molecule has 2 amide bonds. The summed E-state index contributed by atoms with van der Waals surface area (Å²) in [6.45, 7) is 3.78. The van der Waals surface area contributed by atoms with Crippen LogP contribution in [-0.2, 0) is 22.7 Å². The summed E-state index contributed by atoms with van der Waals surface area (Å²) in [6, 6.07) is 6.88. The lowest BCUT2D eigenvalue weighted by molar-refractivity contribution is -0.125. The Kier molecular flexibility index (Phi) is 6.31. The maximum atomic E-state index is 12.5. The molecule has 0 saturated carbocycles. The number of aromatic hydroxyl groups is 1. The van der Waals surface area contributed by atoms with Crippen molar-refractivity contribution in [2.75, 3.05) is 18.1 Å². The third-order valence-corrected chi connectivity index (χ3v) is 5.00. The molecule has 0 saturated heterocycles. The predicted molar refractivity (Wildman–Crippen MR) is 113 cm³/mol. The van der Waals surface area contributed by atoms with Crippen LogP contribution in [0.2, 0.25) is 0 Å². The van der Waals surface area contributed by atoms with Gasteiger partial charge in [0.05, 0.1) is 11.9 Å². The fraction of sp³-hybridized carbons (Fsp3) is 0.316. The van der Waals surface area contributed by atoms with E-state index in [1.54, 1.807) is 38.1 Å². The first kappa shape index (κ1) is 21.2. The van der Waals surface area contributed by atoms with Crippen molar-refractivity contribution in [3.63, 3.8) is 0 Å². The number of anilines is 1. The van der Waals surface area contributed by atoms with Crippen LogP contribution in [0, 0.1) is 4.77 Å². The predicted octanol–water partition coefficient (Wildman–Crippen LogP) is 1.00. The van der Waals surface area contributed by atoms with E-state index in [0.717, 1.165) is 6.21 Å². The number of amides is 2.